The van der Waals surface area contributed by atoms with Crippen molar-refractivity contribution in [3.8, 4) is 5.69 Å². The molecule has 2 heterocycles. The highest BCUT2D eigenvalue weighted by Crippen LogP contribution is 2.29. The molecule has 0 unspecified atom stereocenters. The average molecular weight is 338 g/mol. The van der Waals surface area contributed by atoms with Crippen molar-refractivity contribution in [2.75, 3.05) is 11.1 Å². The van der Waals surface area contributed by atoms with E-state index in [1.165, 1.54) is 17.4 Å². The quantitative estimate of drug-likeness (QED) is 0.738. The maximum Gasteiger partial charge on any atom is 0.262 e. The lowest BCUT2D eigenvalue weighted by Crippen LogP contribution is -2.25. The highest BCUT2D eigenvalue weighted by Gasteiger charge is 2.32. The zero-order chi connectivity index (χ0) is 17.6. The average Bonchev–Trinajstić information content (AvgIpc) is 3.17. The number of nitrogens with zero attached hydrogens (tertiary/aromatic N) is 1. The van der Waals surface area contributed by atoms with Crippen LogP contribution in [0.4, 0.5) is 11.5 Å². The van der Waals surface area contributed by atoms with Crippen molar-refractivity contribution in [3.63, 3.8) is 0 Å². The number of imide groups is 1. The molecule has 0 saturated heterocycles. The minimum absolute atomic E-state index is 0.0217. The molecule has 0 bridgehead atoms. The molecule has 128 valence electrons. The number of nitrogen functional groups attached to an aromatic ring is 1. The first-order valence-electron chi connectivity index (χ1n) is 8.33. The zero-order valence-corrected chi connectivity index (χ0v) is 13.5. The number of fused-ring (bicyclic) bond motifs is 1. The zero-order valence-electron chi connectivity index (χ0n) is 13.5. The second kappa shape index (κ2) is 5.77. The smallest absolute Gasteiger partial charge is 0.262 e. The number of hydrogen-bond acceptors (Lipinski definition) is 5. The molecule has 1 aromatic heterocycles. The van der Waals surface area contributed by atoms with E-state index in [-0.39, 0.29) is 16.9 Å². The standard InChI is InChI=1S/C18H18N4O3/c19-16-15-11(17(24)21-18(15)25)9-14(23)22(16)13-8-4-3-7-12(13)20-10-5-1-2-6-10/h3-4,7-10,20H,1-2,5-6,19H2,(H,21,24,25). The van der Waals surface area contributed by atoms with Gasteiger partial charge in [0.1, 0.15) is 5.82 Å². The summed E-state index contributed by atoms with van der Waals surface area (Å²) in [5.41, 5.74) is 7.13. The maximum absolute atomic E-state index is 12.6. The molecule has 1 saturated carbocycles. The molecule has 1 aliphatic heterocycles. The highest BCUT2D eigenvalue weighted by molar-refractivity contribution is 6.23. The number of rotatable bonds is 3. The van der Waals surface area contributed by atoms with Crippen molar-refractivity contribution in [2.45, 2.75) is 31.7 Å². The Hall–Kier alpha value is -3.09. The number of pyridine rings is 1. The molecule has 25 heavy (non-hydrogen) atoms. The lowest BCUT2D eigenvalue weighted by atomic mass is 10.1. The molecule has 1 aromatic carbocycles. The van der Waals surface area contributed by atoms with E-state index in [0.29, 0.717) is 11.7 Å². The number of amides is 2. The predicted molar refractivity (Wildman–Crippen MR) is 94.1 cm³/mol. The molecule has 1 fully saturated rings. The summed E-state index contributed by atoms with van der Waals surface area (Å²) in [4.78, 5) is 36.4. The molecule has 7 heteroatoms. The second-order valence-electron chi connectivity index (χ2n) is 6.42. The van der Waals surface area contributed by atoms with Crippen molar-refractivity contribution in [2.24, 2.45) is 0 Å². The largest absolute Gasteiger partial charge is 0.384 e. The van der Waals surface area contributed by atoms with E-state index in [0.717, 1.165) is 24.6 Å². The number of carbonyl (C=O) groups is 2. The monoisotopic (exact) mass is 338 g/mol. The van der Waals surface area contributed by atoms with Crippen LogP contribution in [0, 0.1) is 0 Å². The van der Waals surface area contributed by atoms with Crippen molar-refractivity contribution in [3.05, 3.63) is 51.8 Å². The van der Waals surface area contributed by atoms with Crippen LogP contribution >= 0.6 is 0 Å². The molecule has 2 aromatic rings. The molecule has 7 nitrogen and oxygen atoms in total. The van der Waals surface area contributed by atoms with Gasteiger partial charge in [-0.25, -0.2) is 0 Å². The molecule has 4 N–H and O–H groups in total. The highest BCUT2D eigenvalue weighted by atomic mass is 16.2. The van der Waals surface area contributed by atoms with Gasteiger partial charge < -0.3 is 11.1 Å². The third-order valence-electron chi connectivity index (χ3n) is 4.81. The van der Waals surface area contributed by atoms with Crippen LogP contribution in [0.15, 0.2) is 35.1 Å². The fourth-order valence-corrected chi connectivity index (χ4v) is 3.61. The minimum Gasteiger partial charge on any atom is -0.384 e. The third-order valence-corrected chi connectivity index (χ3v) is 4.81. The Balaban J connectivity index is 1.86. The van der Waals surface area contributed by atoms with Gasteiger partial charge in [0.2, 0.25) is 0 Å². The van der Waals surface area contributed by atoms with Gasteiger partial charge in [-0.2, -0.15) is 0 Å². The first-order chi connectivity index (χ1) is 12.1. The Morgan fingerprint density at radius 1 is 1.08 bits per heavy atom. The summed E-state index contributed by atoms with van der Waals surface area (Å²) in [5.74, 6) is -1.19. The molecular weight excluding hydrogens is 320 g/mol. The fourth-order valence-electron chi connectivity index (χ4n) is 3.61. The van der Waals surface area contributed by atoms with E-state index in [4.69, 9.17) is 5.73 Å². The Labute approximate surface area is 143 Å². The van der Waals surface area contributed by atoms with E-state index in [1.807, 2.05) is 12.1 Å². The summed E-state index contributed by atoms with van der Waals surface area (Å²) >= 11 is 0. The molecule has 0 atom stereocenters. The first kappa shape index (κ1) is 15.4. The summed E-state index contributed by atoms with van der Waals surface area (Å²) in [5, 5.41) is 5.64. The summed E-state index contributed by atoms with van der Waals surface area (Å²) < 4.78 is 1.29. The summed E-state index contributed by atoms with van der Waals surface area (Å²) in [6, 6.07) is 8.87. The van der Waals surface area contributed by atoms with E-state index in [9.17, 15) is 14.4 Å². The number of anilines is 2. The third kappa shape index (κ3) is 2.48. The molecule has 2 aliphatic rings. The Bertz CT molecular complexity index is 942. The number of aromatic nitrogens is 1. The van der Waals surface area contributed by atoms with E-state index in [2.05, 4.69) is 10.6 Å². The van der Waals surface area contributed by atoms with Crippen LogP contribution < -0.4 is 21.9 Å². The SMILES string of the molecule is Nc1c2c(cc(=O)n1-c1ccccc1NC1CCCC1)C(=O)NC2=O. The van der Waals surface area contributed by atoms with Crippen LogP contribution in [0.5, 0.6) is 0 Å². The van der Waals surface area contributed by atoms with Gasteiger partial charge in [0.25, 0.3) is 17.4 Å². The Morgan fingerprint density at radius 2 is 1.80 bits per heavy atom. The van der Waals surface area contributed by atoms with E-state index in [1.54, 1.807) is 12.1 Å². The number of nitrogens with two attached hydrogens (primary N) is 1. The van der Waals surface area contributed by atoms with Crippen LogP contribution in [-0.2, 0) is 0 Å². The number of hydrogen-bond donors (Lipinski definition) is 3. The van der Waals surface area contributed by atoms with Crippen LogP contribution in [0.3, 0.4) is 0 Å². The Kier molecular flexibility index (Phi) is 3.56. The van der Waals surface area contributed by atoms with Crippen LogP contribution in [0.25, 0.3) is 5.69 Å². The van der Waals surface area contributed by atoms with Gasteiger partial charge in [0, 0.05) is 12.1 Å². The van der Waals surface area contributed by atoms with Crippen molar-refractivity contribution < 1.29 is 9.59 Å². The van der Waals surface area contributed by atoms with Crippen molar-refractivity contribution >= 4 is 23.3 Å². The molecule has 2 amide bonds. The maximum atomic E-state index is 12.6. The topological polar surface area (TPSA) is 106 Å². The van der Waals surface area contributed by atoms with Crippen LogP contribution in [-0.4, -0.2) is 22.4 Å². The molecule has 4 rings (SSSR count). The fraction of sp³-hybridized carbons (Fsp3) is 0.278. The van der Waals surface area contributed by atoms with Crippen LogP contribution in [0.2, 0.25) is 0 Å². The summed E-state index contributed by atoms with van der Waals surface area (Å²) in [6.07, 6.45) is 4.53. The van der Waals surface area contributed by atoms with Gasteiger partial charge in [-0.1, -0.05) is 25.0 Å². The van der Waals surface area contributed by atoms with Crippen molar-refractivity contribution in [1.29, 1.82) is 0 Å². The number of nitrogens with one attached hydrogen (secondary N) is 2. The number of para-hydroxylation sites is 2. The van der Waals surface area contributed by atoms with Gasteiger partial charge >= 0.3 is 0 Å². The lowest BCUT2D eigenvalue weighted by molar-refractivity contribution is 0.0880. The number of benzene rings is 1. The minimum atomic E-state index is -0.590. The molecule has 1 aliphatic carbocycles. The molecular formula is C18H18N4O3. The van der Waals surface area contributed by atoms with Crippen LogP contribution in [0.1, 0.15) is 46.4 Å². The lowest BCUT2D eigenvalue weighted by Gasteiger charge is -2.19. The van der Waals surface area contributed by atoms with Gasteiger partial charge in [-0.3, -0.25) is 24.3 Å². The van der Waals surface area contributed by atoms with Gasteiger partial charge in [0.15, 0.2) is 0 Å². The normalized spacial score (nSPS) is 16.8. The van der Waals surface area contributed by atoms with Gasteiger partial charge in [0.05, 0.1) is 22.5 Å². The first-order valence-corrected chi connectivity index (χ1v) is 8.33. The van der Waals surface area contributed by atoms with Crippen molar-refractivity contribution in [1.82, 2.24) is 9.88 Å². The summed E-state index contributed by atoms with van der Waals surface area (Å²) in [6.45, 7) is 0. The summed E-state index contributed by atoms with van der Waals surface area (Å²) in [7, 11) is 0. The predicted octanol–water partition coefficient (Wildman–Crippen LogP) is 1.66. The van der Waals surface area contributed by atoms with E-state index >= 15 is 0 Å². The molecule has 0 spiro atoms. The van der Waals surface area contributed by atoms with Gasteiger partial charge in [-0.05, 0) is 25.0 Å². The van der Waals surface area contributed by atoms with E-state index < -0.39 is 17.4 Å². The second-order valence-corrected chi connectivity index (χ2v) is 6.42. The molecule has 0 radical (unpaired) electrons. The Morgan fingerprint density at radius 3 is 2.56 bits per heavy atom. The number of carbonyl (C=O) groups excluding carboxylic acids is 2. The van der Waals surface area contributed by atoms with Gasteiger partial charge in [-0.15, -0.1) is 0 Å².